The second-order valence-corrected chi connectivity index (χ2v) is 8.30. The number of carbonyl (C=O) groups is 2. The molecule has 0 saturated carbocycles. The van der Waals surface area contributed by atoms with Crippen molar-refractivity contribution in [2.45, 2.75) is 25.8 Å². The number of amides is 1. The maximum absolute atomic E-state index is 13.1. The van der Waals surface area contributed by atoms with E-state index in [2.05, 4.69) is 0 Å². The summed E-state index contributed by atoms with van der Waals surface area (Å²) >= 11 is 0. The second-order valence-electron chi connectivity index (χ2n) is 8.30. The molecule has 1 fully saturated rings. The number of likely N-dealkylation sites (tertiary alicyclic amines) is 1. The van der Waals surface area contributed by atoms with E-state index in [-0.39, 0.29) is 11.3 Å². The predicted molar refractivity (Wildman–Crippen MR) is 127 cm³/mol. The van der Waals surface area contributed by atoms with Gasteiger partial charge in [-0.05, 0) is 63.3 Å². The van der Waals surface area contributed by atoms with Gasteiger partial charge in [0, 0.05) is 12.1 Å². The largest absolute Gasteiger partial charge is 0.507 e. The molecule has 1 aliphatic heterocycles. The van der Waals surface area contributed by atoms with Crippen LogP contribution in [0.5, 0.6) is 11.5 Å². The summed E-state index contributed by atoms with van der Waals surface area (Å²) in [5.41, 5.74) is 1.21. The number of hydrogen-bond acceptors (Lipinski definition) is 6. The quantitative estimate of drug-likeness (QED) is 0.335. The molecule has 0 spiro atoms. The Bertz CT molecular complexity index is 1030. The molecule has 1 aliphatic rings. The number of aliphatic hydroxyl groups excluding tert-OH is 1. The average Bonchev–Trinajstić information content (AvgIpc) is 3.07. The van der Waals surface area contributed by atoms with Crippen LogP contribution in [0, 0.1) is 0 Å². The monoisotopic (exact) mass is 452 g/mol. The zero-order valence-corrected chi connectivity index (χ0v) is 19.7. The van der Waals surface area contributed by atoms with Crippen LogP contribution in [0.4, 0.5) is 0 Å². The molecule has 1 amide bonds. The molecule has 176 valence electrons. The van der Waals surface area contributed by atoms with E-state index in [1.54, 1.807) is 48.4 Å². The first kappa shape index (κ1) is 24.3. The minimum Gasteiger partial charge on any atom is -0.507 e. The highest BCUT2D eigenvalue weighted by Gasteiger charge is 2.45. The fourth-order valence-electron chi connectivity index (χ4n) is 3.93. The third-order valence-electron chi connectivity index (χ3n) is 5.53. The number of methoxy groups -OCH3 is 1. The molecule has 3 rings (SSSR count). The topological polar surface area (TPSA) is 79.3 Å². The first-order valence-corrected chi connectivity index (χ1v) is 11.2. The third kappa shape index (κ3) is 5.54. The van der Waals surface area contributed by atoms with Gasteiger partial charge in [0.05, 0.1) is 25.3 Å². The summed E-state index contributed by atoms with van der Waals surface area (Å²) < 4.78 is 11.0. The Balaban J connectivity index is 2.08. The summed E-state index contributed by atoms with van der Waals surface area (Å²) in [6, 6.07) is 13.5. The SMILES string of the molecule is CCCOc1cccc(/C(O)=C2/C(=O)C(=O)N(CCCN(C)C)C2c2cccc(OC)c2)c1. The minimum absolute atomic E-state index is 0.0748. The van der Waals surface area contributed by atoms with E-state index in [0.717, 1.165) is 13.0 Å². The smallest absolute Gasteiger partial charge is 0.295 e. The standard InChI is InChI=1S/C26H32N2O5/c1-5-15-33-21-12-7-10-19(17-21)24(29)22-23(18-9-6-11-20(16-18)32-4)28(26(31)25(22)30)14-8-13-27(2)3/h6-7,9-12,16-17,23,29H,5,8,13-15H2,1-4H3/b24-22-. The molecule has 1 heterocycles. The summed E-state index contributed by atoms with van der Waals surface area (Å²) in [6.45, 7) is 3.71. The molecule has 2 aromatic carbocycles. The molecule has 1 atom stereocenters. The van der Waals surface area contributed by atoms with Crippen LogP contribution in [0.1, 0.15) is 36.9 Å². The van der Waals surface area contributed by atoms with Crippen LogP contribution in [0.15, 0.2) is 54.1 Å². The van der Waals surface area contributed by atoms with Crippen molar-refractivity contribution in [2.24, 2.45) is 0 Å². The number of Topliss-reactive ketones (excluding diaryl/α,β-unsaturated/α-hetero) is 1. The van der Waals surface area contributed by atoms with Gasteiger partial charge in [-0.1, -0.05) is 31.2 Å². The van der Waals surface area contributed by atoms with Crippen molar-refractivity contribution in [3.8, 4) is 11.5 Å². The van der Waals surface area contributed by atoms with E-state index in [0.29, 0.717) is 42.2 Å². The van der Waals surface area contributed by atoms with Gasteiger partial charge in [0.25, 0.3) is 11.7 Å². The maximum Gasteiger partial charge on any atom is 0.295 e. The molecular weight excluding hydrogens is 420 g/mol. The number of hydrogen-bond donors (Lipinski definition) is 1. The van der Waals surface area contributed by atoms with Gasteiger partial charge in [0.1, 0.15) is 17.3 Å². The molecule has 2 aromatic rings. The molecular formula is C26H32N2O5. The Labute approximate surface area is 195 Å². The lowest BCUT2D eigenvalue weighted by Crippen LogP contribution is -2.32. The third-order valence-corrected chi connectivity index (χ3v) is 5.53. The zero-order valence-electron chi connectivity index (χ0n) is 19.7. The van der Waals surface area contributed by atoms with Gasteiger partial charge in [-0.15, -0.1) is 0 Å². The van der Waals surface area contributed by atoms with E-state index in [1.807, 2.05) is 38.1 Å². The van der Waals surface area contributed by atoms with Gasteiger partial charge in [-0.25, -0.2) is 0 Å². The highest BCUT2D eigenvalue weighted by molar-refractivity contribution is 6.46. The van der Waals surface area contributed by atoms with Crippen LogP contribution in [0.2, 0.25) is 0 Å². The summed E-state index contributed by atoms with van der Waals surface area (Å²) in [5, 5.41) is 11.2. The van der Waals surface area contributed by atoms with Gasteiger partial charge in [-0.3, -0.25) is 9.59 Å². The zero-order chi connectivity index (χ0) is 24.0. The molecule has 0 aromatic heterocycles. The number of ketones is 1. The molecule has 0 radical (unpaired) electrons. The molecule has 0 bridgehead atoms. The van der Waals surface area contributed by atoms with Crippen molar-refractivity contribution < 1.29 is 24.2 Å². The van der Waals surface area contributed by atoms with Crippen molar-refractivity contribution >= 4 is 17.4 Å². The molecule has 1 saturated heterocycles. The van der Waals surface area contributed by atoms with E-state index < -0.39 is 17.7 Å². The normalized spacial score (nSPS) is 17.6. The maximum atomic E-state index is 13.1. The van der Waals surface area contributed by atoms with Crippen LogP contribution in [0.25, 0.3) is 5.76 Å². The first-order chi connectivity index (χ1) is 15.9. The number of benzene rings is 2. The summed E-state index contributed by atoms with van der Waals surface area (Å²) in [6.07, 6.45) is 1.55. The number of rotatable bonds is 10. The lowest BCUT2D eigenvalue weighted by Gasteiger charge is -2.26. The van der Waals surface area contributed by atoms with Crippen LogP contribution < -0.4 is 9.47 Å². The summed E-state index contributed by atoms with van der Waals surface area (Å²) in [7, 11) is 5.48. The lowest BCUT2D eigenvalue weighted by molar-refractivity contribution is -0.139. The molecule has 1 N–H and O–H groups in total. The van der Waals surface area contributed by atoms with E-state index in [1.165, 1.54) is 0 Å². The Morgan fingerprint density at radius 2 is 1.82 bits per heavy atom. The Morgan fingerprint density at radius 1 is 1.09 bits per heavy atom. The number of carbonyl (C=O) groups excluding carboxylic acids is 2. The summed E-state index contributed by atoms with van der Waals surface area (Å²) in [4.78, 5) is 29.7. The second kappa shape index (κ2) is 11.0. The van der Waals surface area contributed by atoms with E-state index in [4.69, 9.17) is 9.47 Å². The van der Waals surface area contributed by atoms with Crippen LogP contribution in [-0.4, -0.2) is 67.5 Å². The van der Waals surface area contributed by atoms with Gasteiger partial charge in [-0.2, -0.15) is 0 Å². The average molecular weight is 453 g/mol. The van der Waals surface area contributed by atoms with Crippen molar-refractivity contribution in [1.29, 1.82) is 0 Å². The number of nitrogens with zero attached hydrogens (tertiary/aromatic N) is 2. The summed E-state index contributed by atoms with van der Waals surface area (Å²) in [5.74, 6) is -0.301. The predicted octanol–water partition coefficient (Wildman–Crippen LogP) is 3.86. The minimum atomic E-state index is -0.706. The number of aliphatic hydroxyl groups is 1. The van der Waals surface area contributed by atoms with Crippen molar-refractivity contribution in [3.63, 3.8) is 0 Å². The van der Waals surface area contributed by atoms with Gasteiger partial charge < -0.3 is 24.4 Å². The van der Waals surface area contributed by atoms with E-state index >= 15 is 0 Å². The Morgan fingerprint density at radius 3 is 2.52 bits per heavy atom. The van der Waals surface area contributed by atoms with Crippen molar-refractivity contribution in [2.75, 3.05) is 40.9 Å². The van der Waals surface area contributed by atoms with Gasteiger partial charge >= 0.3 is 0 Å². The molecule has 7 heteroatoms. The molecule has 0 aliphatic carbocycles. The molecule has 33 heavy (non-hydrogen) atoms. The number of ether oxygens (including phenoxy) is 2. The molecule has 7 nitrogen and oxygen atoms in total. The fraction of sp³-hybridized carbons (Fsp3) is 0.385. The van der Waals surface area contributed by atoms with Gasteiger partial charge in [0.15, 0.2) is 0 Å². The molecule has 1 unspecified atom stereocenters. The van der Waals surface area contributed by atoms with Crippen LogP contribution in [-0.2, 0) is 9.59 Å². The lowest BCUT2D eigenvalue weighted by atomic mass is 9.95. The van der Waals surface area contributed by atoms with Crippen LogP contribution >= 0.6 is 0 Å². The fourth-order valence-corrected chi connectivity index (χ4v) is 3.93. The van der Waals surface area contributed by atoms with Gasteiger partial charge in [0.2, 0.25) is 0 Å². The Kier molecular flexibility index (Phi) is 8.11. The highest BCUT2D eigenvalue weighted by Crippen LogP contribution is 2.40. The first-order valence-electron chi connectivity index (χ1n) is 11.2. The van der Waals surface area contributed by atoms with Crippen LogP contribution in [0.3, 0.4) is 0 Å². The van der Waals surface area contributed by atoms with E-state index in [9.17, 15) is 14.7 Å². The highest BCUT2D eigenvalue weighted by atomic mass is 16.5. The van der Waals surface area contributed by atoms with Crippen molar-refractivity contribution in [3.05, 3.63) is 65.2 Å². The van der Waals surface area contributed by atoms with Crippen molar-refractivity contribution in [1.82, 2.24) is 9.80 Å². The Hall–Kier alpha value is -3.32.